The van der Waals surface area contributed by atoms with Crippen LogP contribution in [0.4, 0.5) is 18.9 Å². The fourth-order valence-electron chi connectivity index (χ4n) is 9.66. The second kappa shape index (κ2) is 16.7. The zero-order chi connectivity index (χ0) is 37.9. The number of carbonyl (C=O) groups is 2. The molecule has 4 fully saturated rings. The zero-order valence-electron chi connectivity index (χ0n) is 31.5. The average Bonchev–Trinajstić information content (AvgIpc) is 3.77. The number of hydrogen-bond donors (Lipinski definition) is 1. The number of halogens is 3. The van der Waals surface area contributed by atoms with E-state index in [-0.39, 0.29) is 36.5 Å². The maximum absolute atomic E-state index is 15.3. The first-order chi connectivity index (χ1) is 25.4. The molecule has 0 spiro atoms. The molecule has 13 heteroatoms. The molecule has 1 saturated carbocycles. The molecule has 3 aliphatic heterocycles. The molecule has 1 aromatic carbocycles. The monoisotopic (exact) mass is 747 g/mol. The number of methoxy groups -OCH3 is 3. The highest BCUT2D eigenvalue weighted by Gasteiger charge is 2.58. The summed E-state index contributed by atoms with van der Waals surface area (Å²) in [6, 6.07) is 3.87. The van der Waals surface area contributed by atoms with Crippen LogP contribution in [0.3, 0.4) is 0 Å². The lowest BCUT2D eigenvalue weighted by molar-refractivity contribution is -0.159. The highest BCUT2D eigenvalue weighted by Crippen LogP contribution is 2.47. The van der Waals surface area contributed by atoms with Gasteiger partial charge in [0, 0.05) is 83.5 Å². The molecule has 1 aromatic rings. The Morgan fingerprint density at radius 3 is 2.30 bits per heavy atom. The number of ether oxygens (including phenoxy) is 4. The Hall–Kier alpha value is -3.13. The molecule has 4 atom stereocenters. The third-order valence-electron chi connectivity index (χ3n) is 12.6. The number of rotatable bonds is 12. The van der Waals surface area contributed by atoms with Gasteiger partial charge in [-0.1, -0.05) is 17.7 Å². The Morgan fingerprint density at radius 2 is 1.72 bits per heavy atom. The number of aliphatic carboxylic acids is 1. The number of nitrogens with zero attached hydrogens (tertiary/aromatic N) is 3. The summed E-state index contributed by atoms with van der Waals surface area (Å²) in [6.07, 6.45) is 6.44. The van der Waals surface area contributed by atoms with Gasteiger partial charge in [-0.15, -0.1) is 0 Å². The fourth-order valence-corrected chi connectivity index (χ4v) is 9.66. The van der Waals surface area contributed by atoms with Crippen LogP contribution in [0.1, 0.15) is 81.8 Å². The number of allylic oxidation sites excluding steroid dienone is 3. The Bertz CT molecular complexity index is 1520. The van der Waals surface area contributed by atoms with E-state index in [1.165, 1.54) is 6.07 Å². The van der Waals surface area contributed by atoms with E-state index in [9.17, 15) is 23.1 Å². The second-order valence-corrected chi connectivity index (χ2v) is 15.4. The second-order valence-electron chi connectivity index (χ2n) is 15.4. The van der Waals surface area contributed by atoms with E-state index in [0.717, 1.165) is 61.5 Å². The van der Waals surface area contributed by atoms with E-state index in [2.05, 4.69) is 11.0 Å². The summed E-state index contributed by atoms with van der Waals surface area (Å²) in [6.45, 7) is 5.12. The highest BCUT2D eigenvalue weighted by molar-refractivity contribution is 5.88. The van der Waals surface area contributed by atoms with Gasteiger partial charge in [0.1, 0.15) is 0 Å². The number of carboxylic acid groups (broad SMARTS) is 1. The van der Waals surface area contributed by atoms with Crippen LogP contribution in [0.2, 0.25) is 0 Å². The van der Waals surface area contributed by atoms with E-state index in [4.69, 9.17) is 18.9 Å². The molecule has 6 rings (SSSR count). The summed E-state index contributed by atoms with van der Waals surface area (Å²) in [7, 11) is 4.90. The summed E-state index contributed by atoms with van der Waals surface area (Å²) < 4.78 is 65.7. The van der Waals surface area contributed by atoms with Gasteiger partial charge in [-0.3, -0.25) is 14.5 Å². The van der Waals surface area contributed by atoms with Crippen molar-refractivity contribution in [1.82, 2.24) is 9.80 Å². The predicted octanol–water partition coefficient (Wildman–Crippen LogP) is 6.25. The van der Waals surface area contributed by atoms with E-state index in [0.29, 0.717) is 70.3 Å². The topological polar surface area (TPSA) is 101 Å². The lowest BCUT2D eigenvalue weighted by Crippen LogP contribution is -2.58. The van der Waals surface area contributed by atoms with Gasteiger partial charge >= 0.3 is 12.1 Å². The van der Waals surface area contributed by atoms with Gasteiger partial charge in [0.25, 0.3) is 5.91 Å². The minimum Gasteiger partial charge on any atom is -0.501 e. The average molecular weight is 748 g/mol. The molecule has 53 heavy (non-hydrogen) atoms. The molecular formula is C40H56F3N3O7. The third kappa shape index (κ3) is 8.28. The summed E-state index contributed by atoms with van der Waals surface area (Å²) in [4.78, 5) is 33.2. The van der Waals surface area contributed by atoms with Crippen LogP contribution in [0.15, 0.2) is 41.7 Å². The summed E-state index contributed by atoms with van der Waals surface area (Å²) >= 11 is 0. The van der Waals surface area contributed by atoms with Crippen molar-refractivity contribution in [3.63, 3.8) is 0 Å². The molecule has 5 aliphatic rings. The van der Waals surface area contributed by atoms with Gasteiger partial charge in [-0.25, -0.2) is 0 Å². The molecule has 0 bridgehead atoms. The third-order valence-corrected chi connectivity index (χ3v) is 12.6. The van der Waals surface area contributed by atoms with Crippen LogP contribution >= 0.6 is 0 Å². The largest absolute Gasteiger partial charge is 0.501 e. The molecule has 0 unspecified atom stereocenters. The summed E-state index contributed by atoms with van der Waals surface area (Å²) in [5.41, 5.74) is 0.438. The van der Waals surface area contributed by atoms with E-state index in [1.807, 2.05) is 22.8 Å². The molecule has 1 N–H and O–H groups in total. The molecule has 2 aliphatic carbocycles. The van der Waals surface area contributed by atoms with Gasteiger partial charge in [0.15, 0.2) is 5.60 Å². The number of carbonyl (C=O) groups excluding carboxylic acids is 1. The van der Waals surface area contributed by atoms with Crippen molar-refractivity contribution in [3.05, 3.63) is 52.8 Å². The number of benzene rings is 1. The lowest BCUT2D eigenvalue weighted by atomic mass is 9.79. The SMILES string of the molecule is CCO[C@H]1CC[C@H](N2C[C@@H](C3=CC=C(OC)CC3)[C@](OC)(C(=O)N3C[C@@H](c4ccc(C(F)(F)F)cc4N4CCC(C(=O)O)CC4)C[C@@H]3COC)C2)CC1. The van der Waals surface area contributed by atoms with Crippen molar-refractivity contribution in [2.75, 3.05) is 72.2 Å². The van der Waals surface area contributed by atoms with Crippen LogP contribution < -0.4 is 4.90 Å². The Kier molecular flexibility index (Phi) is 12.5. The first-order valence-electron chi connectivity index (χ1n) is 19.3. The Labute approximate surface area is 311 Å². The van der Waals surface area contributed by atoms with E-state index >= 15 is 4.79 Å². The van der Waals surface area contributed by atoms with Crippen molar-refractivity contribution in [3.8, 4) is 0 Å². The minimum absolute atomic E-state index is 0.113. The number of amides is 1. The molecule has 294 valence electrons. The summed E-state index contributed by atoms with van der Waals surface area (Å²) in [5.74, 6) is -1.07. The van der Waals surface area contributed by atoms with Crippen LogP contribution in [0.25, 0.3) is 0 Å². The van der Waals surface area contributed by atoms with Gasteiger partial charge in [0.2, 0.25) is 0 Å². The molecule has 0 aromatic heterocycles. The van der Waals surface area contributed by atoms with Crippen molar-refractivity contribution in [2.24, 2.45) is 11.8 Å². The fraction of sp³-hybridized carbons (Fsp3) is 0.700. The quantitative estimate of drug-likeness (QED) is 0.266. The zero-order valence-corrected chi connectivity index (χ0v) is 31.5. The Balaban J connectivity index is 1.31. The number of hydrogen-bond acceptors (Lipinski definition) is 8. The first-order valence-corrected chi connectivity index (χ1v) is 19.3. The number of anilines is 1. The van der Waals surface area contributed by atoms with Crippen molar-refractivity contribution < 1.29 is 46.8 Å². The van der Waals surface area contributed by atoms with Gasteiger partial charge in [-0.05, 0) is 82.1 Å². The first kappa shape index (κ1) is 39.6. The van der Waals surface area contributed by atoms with Crippen LogP contribution in [-0.4, -0.2) is 118 Å². The summed E-state index contributed by atoms with van der Waals surface area (Å²) in [5, 5.41) is 9.56. The molecule has 0 radical (unpaired) electrons. The number of alkyl halides is 3. The number of likely N-dealkylation sites (tertiary alicyclic amines) is 2. The Morgan fingerprint density at radius 1 is 0.981 bits per heavy atom. The minimum atomic E-state index is -4.54. The molecular weight excluding hydrogens is 691 g/mol. The van der Waals surface area contributed by atoms with E-state index in [1.54, 1.807) is 27.4 Å². The standard InChI is InChI=1S/C40H56F3N3O7/c1-5-53-33-13-9-30(10-14-33)45-23-35(26-6-11-32(51-3)12-7-26)39(25-45,52-4)38(49)46-22-28(20-31(46)24-50-2)34-15-8-29(40(41,42)43)21-36(34)44-18-16-27(17-19-44)37(47)48/h6,8,11,15,21,27-28,30-31,33,35H,5,7,9-10,12-14,16-20,22-25H2,1-4H3,(H,47,48)/t28-,30-,31+,33-,35-,39-/m0/s1. The van der Waals surface area contributed by atoms with Crippen molar-refractivity contribution >= 4 is 17.6 Å². The highest BCUT2D eigenvalue weighted by atomic mass is 19.4. The normalized spacial score (nSPS) is 30.4. The number of carboxylic acids is 1. The number of piperidine rings is 1. The predicted molar refractivity (Wildman–Crippen MR) is 194 cm³/mol. The van der Waals surface area contributed by atoms with E-state index < -0.39 is 29.2 Å². The molecule has 10 nitrogen and oxygen atoms in total. The van der Waals surface area contributed by atoms with Gasteiger partial charge in [-0.2, -0.15) is 13.2 Å². The maximum Gasteiger partial charge on any atom is 0.416 e. The van der Waals surface area contributed by atoms with Gasteiger partial charge in [0.05, 0.1) is 43.1 Å². The van der Waals surface area contributed by atoms with Crippen LogP contribution in [-0.2, 0) is 34.7 Å². The van der Waals surface area contributed by atoms with Crippen LogP contribution in [0, 0.1) is 11.8 Å². The molecule has 1 amide bonds. The lowest BCUT2D eigenvalue weighted by Gasteiger charge is -2.39. The molecule has 3 heterocycles. The maximum atomic E-state index is 15.3. The molecule has 3 saturated heterocycles. The van der Waals surface area contributed by atoms with Crippen LogP contribution in [0.5, 0.6) is 0 Å². The van der Waals surface area contributed by atoms with Crippen molar-refractivity contribution in [2.45, 2.75) is 101 Å². The smallest absolute Gasteiger partial charge is 0.416 e. The van der Waals surface area contributed by atoms with Gasteiger partial charge < -0.3 is 33.9 Å². The van der Waals surface area contributed by atoms with Crippen molar-refractivity contribution in [1.29, 1.82) is 0 Å².